The molecule has 3 aromatic rings. The quantitative estimate of drug-likeness (QED) is 0.370. The maximum atomic E-state index is 12.3. The molecule has 3 N–H and O–H groups in total. The lowest BCUT2D eigenvalue weighted by atomic mass is 10.0. The Labute approximate surface area is 200 Å². The van der Waals surface area contributed by atoms with Crippen LogP contribution in [0.1, 0.15) is 31.1 Å². The van der Waals surface area contributed by atoms with Crippen LogP contribution in [0.3, 0.4) is 0 Å². The van der Waals surface area contributed by atoms with E-state index in [4.69, 9.17) is 15.2 Å². The number of fused-ring (bicyclic) bond motifs is 1. The highest BCUT2D eigenvalue weighted by Gasteiger charge is 2.24. The molecule has 0 aliphatic rings. The van der Waals surface area contributed by atoms with Crippen LogP contribution in [0, 0.1) is 0 Å². The molecule has 0 radical (unpaired) electrons. The lowest BCUT2D eigenvalue weighted by molar-refractivity contribution is 0.0510. The maximum Gasteiger partial charge on any atom is 0.408 e. The molecular weight excluding hydrogens is 490 g/mol. The molecule has 33 heavy (non-hydrogen) atoms. The number of aromatic nitrogens is 3. The van der Waals surface area contributed by atoms with Crippen LogP contribution in [0.5, 0.6) is 0 Å². The van der Waals surface area contributed by atoms with E-state index in [1.807, 2.05) is 4.57 Å². The maximum absolute atomic E-state index is 12.3. The topological polar surface area (TPSA) is 121 Å². The van der Waals surface area contributed by atoms with Gasteiger partial charge < -0.3 is 25.1 Å². The van der Waals surface area contributed by atoms with Gasteiger partial charge in [-0.2, -0.15) is 0 Å². The fourth-order valence-corrected chi connectivity index (χ4v) is 4.06. The van der Waals surface area contributed by atoms with E-state index in [-0.39, 0.29) is 0 Å². The average molecular weight is 516 g/mol. The Bertz CT molecular complexity index is 1200. The van der Waals surface area contributed by atoms with Crippen molar-refractivity contribution >= 4 is 44.8 Å². The number of halogens is 1. The number of nitrogens with zero attached hydrogens (tertiary/aromatic N) is 3. The standard InChI is InChI=1S/C23H26BrN5O4/c1-6-15(28-22(31)33-23(2,3)4)11-29-18(24)16(17-19(25)26-12-27-20(17)29)13-7-9-14(10-8-13)21(30)32-5/h6-10,12,15H,1,11H2,2-5H3,(H,28,31)(H2,25,26,27). The molecule has 0 aliphatic carbocycles. The monoisotopic (exact) mass is 515 g/mol. The molecule has 0 fully saturated rings. The number of nitrogens with two attached hydrogens (primary N) is 1. The Hall–Kier alpha value is -3.40. The number of methoxy groups -OCH3 is 1. The SMILES string of the molecule is C=CC(Cn1c(Br)c(-c2ccc(C(=O)OC)cc2)c2c(N)ncnc21)NC(=O)OC(C)(C)C. The third-order valence-corrected chi connectivity index (χ3v) is 5.59. The van der Waals surface area contributed by atoms with Gasteiger partial charge in [0.1, 0.15) is 23.4 Å². The minimum Gasteiger partial charge on any atom is -0.465 e. The van der Waals surface area contributed by atoms with Gasteiger partial charge in [0.15, 0.2) is 0 Å². The summed E-state index contributed by atoms with van der Waals surface area (Å²) in [4.78, 5) is 32.6. The van der Waals surface area contributed by atoms with Crippen LogP contribution in [0.25, 0.3) is 22.2 Å². The number of esters is 1. The Morgan fingerprint density at radius 1 is 1.27 bits per heavy atom. The van der Waals surface area contributed by atoms with Crippen LogP contribution in [0.15, 0.2) is 47.9 Å². The number of nitrogen functional groups attached to an aromatic ring is 1. The first-order valence-corrected chi connectivity index (χ1v) is 10.9. The van der Waals surface area contributed by atoms with Crippen LogP contribution in [0.4, 0.5) is 10.6 Å². The largest absolute Gasteiger partial charge is 0.465 e. The molecule has 1 aromatic carbocycles. The Balaban J connectivity index is 2.03. The number of benzene rings is 1. The summed E-state index contributed by atoms with van der Waals surface area (Å²) in [5.74, 6) is -0.116. The minimum atomic E-state index is -0.623. The number of rotatable bonds is 6. The summed E-state index contributed by atoms with van der Waals surface area (Å²) in [5, 5.41) is 3.46. The summed E-state index contributed by atoms with van der Waals surface area (Å²) < 4.78 is 12.7. The normalized spacial score (nSPS) is 12.3. The summed E-state index contributed by atoms with van der Waals surface area (Å²) in [7, 11) is 1.33. The van der Waals surface area contributed by atoms with Gasteiger partial charge in [-0.1, -0.05) is 18.2 Å². The molecule has 0 bridgehead atoms. The second-order valence-corrected chi connectivity index (χ2v) is 9.04. The van der Waals surface area contributed by atoms with E-state index < -0.39 is 23.7 Å². The van der Waals surface area contributed by atoms with Crippen molar-refractivity contribution in [2.24, 2.45) is 0 Å². The molecule has 3 rings (SSSR count). The molecule has 10 heteroatoms. The van der Waals surface area contributed by atoms with Gasteiger partial charge in [0.05, 0.1) is 28.7 Å². The van der Waals surface area contributed by atoms with Gasteiger partial charge in [0, 0.05) is 12.1 Å². The van der Waals surface area contributed by atoms with Gasteiger partial charge in [-0.05, 0) is 54.4 Å². The van der Waals surface area contributed by atoms with Gasteiger partial charge in [-0.25, -0.2) is 19.6 Å². The summed E-state index contributed by atoms with van der Waals surface area (Å²) in [6, 6.07) is 6.50. The predicted molar refractivity (Wildman–Crippen MR) is 130 cm³/mol. The zero-order valence-electron chi connectivity index (χ0n) is 18.9. The fourth-order valence-electron chi connectivity index (χ4n) is 3.32. The van der Waals surface area contributed by atoms with Crippen LogP contribution < -0.4 is 11.1 Å². The highest BCUT2D eigenvalue weighted by atomic mass is 79.9. The van der Waals surface area contributed by atoms with Gasteiger partial charge in [0.2, 0.25) is 0 Å². The summed E-state index contributed by atoms with van der Waals surface area (Å²) in [5.41, 5.74) is 8.17. The van der Waals surface area contributed by atoms with Gasteiger partial charge in [-0.3, -0.25) is 0 Å². The number of carbonyl (C=O) groups excluding carboxylic acids is 2. The minimum absolute atomic E-state index is 0.307. The van der Waals surface area contributed by atoms with E-state index in [2.05, 4.69) is 37.8 Å². The predicted octanol–water partition coefficient (Wildman–Crippen LogP) is 4.31. The molecule has 0 aliphatic heterocycles. The third kappa shape index (κ3) is 5.33. The number of alkyl carbamates (subject to hydrolysis) is 1. The van der Waals surface area contributed by atoms with E-state index >= 15 is 0 Å². The zero-order chi connectivity index (χ0) is 24.3. The van der Waals surface area contributed by atoms with Crippen molar-refractivity contribution in [1.82, 2.24) is 19.9 Å². The molecule has 9 nitrogen and oxygen atoms in total. The van der Waals surface area contributed by atoms with Crippen LogP contribution in [0.2, 0.25) is 0 Å². The second kappa shape index (κ2) is 9.62. The molecule has 174 valence electrons. The average Bonchev–Trinajstić information content (AvgIpc) is 3.04. The second-order valence-electron chi connectivity index (χ2n) is 8.29. The third-order valence-electron chi connectivity index (χ3n) is 4.77. The number of hydrogen-bond acceptors (Lipinski definition) is 7. The number of ether oxygens (including phenoxy) is 2. The van der Waals surface area contributed by atoms with Gasteiger partial charge >= 0.3 is 12.1 Å². The van der Waals surface area contributed by atoms with E-state index in [1.54, 1.807) is 51.1 Å². The van der Waals surface area contributed by atoms with Crippen molar-refractivity contribution in [3.63, 3.8) is 0 Å². The van der Waals surface area contributed by atoms with Gasteiger partial charge in [-0.15, -0.1) is 6.58 Å². The van der Waals surface area contributed by atoms with Crippen molar-refractivity contribution in [2.75, 3.05) is 12.8 Å². The molecule has 2 heterocycles. The number of hydrogen-bond donors (Lipinski definition) is 2. The van der Waals surface area contributed by atoms with Crippen molar-refractivity contribution < 1.29 is 19.1 Å². The van der Waals surface area contributed by atoms with E-state index in [1.165, 1.54) is 13.4 Å². The highest BCUT2D eigenvalue weighted by molar-refractivity contribution is 9.10. The van der Waals surface area contributed by atoms with E-state index in [9.17, 15) is 9.59 Å². The number of anilines is 1. The Morgan fingerprint density at radius 3 is 2.52 bits per heavy atom. The molecule has 1 unspecified atom stereocenters. The van der Waals surface area contributed by atoms with Crippen molar-refractivity contribution in [1.29, 1.82) is 0 Å². The first kappa shape index (κ1) is 24.2. The smallest absolute Gasteiger partial charge is 0.408 e. The van der Waals surface area contributed by atoms with Crippen LogP contribution >= 0.6 is 15.9 Å². The molecule has 2 aromatic heterocycles. The summed E-state index contributed by atoms with van der Waals surface area (Å²) in [6.45, 7) is 9.53. The summed E-state index contributed by atoms with van der Waals surface area (Å²) >= 11 is 3.67. The first-order chi connectivity index (χ1) is 15.6. The lowest BCUT2D eigenvalue weighted by Crippen LogP contribution is -2.40. The molecular formula is C23H26BrN5O4. The molecule has 1 atom stereocenters. The molecule has 1 amide bonds. The fraction of sp³-hybridized carbons (Fsp3) is 0.304. The van der Waals surface area contributed by atoms with E-state index in [0.717, 1.165) is 11.1 Å². The van der Waals surface area contributed by atoms with Crippen LogP contribution in [-0.4, -0.2) is 45.4 Å². The van der Waals surface area contributed by atoms with Crippen LogP contribution in [-0.2, 0) is 16.0 Å². The molecule has 0 spiro atoms. The Morgan fingerprint density at radius 2 is 1.94 bits per heavy atom. The molecule has 0 saturated heterocycles. The number of nitrogens with one attached hydrogen (secondary N) is 1. The number of carbonyl (C=O) groups is 2. The van der Waals surface area contributed by atoms with Gasteiger partial charge in [0.25, 0.3) is 0 Å². The highest BCUT2D eigenvalue weighted by Crippen LogP contribution is 2.40. The van der Waals surface area contributed by atoms with Crippen molar-refractivity contribution in [3.8, 4) is 11.1 Å². The zero-order valence-corrected chi connectivity index (χ0v) is 20.5. The summed E-state index contributed by atoms with van der Waals surface area (Å²) in [6.07, 6.45) is 2.46. The van der Waals surface area contributed by atoms with Crippen molar-refractivity contribution in [3.05, 3.63) is 53.4 Å². The molecule has 0 saturated carbocycles. The van der Waals surface area contributed by atoms with E-state index in [0.29, 0.717) is 33.6 Å². The Kier molecular flexibility index (Phi) is 7.06. The number of amides is 1. The first-order valence-electron chi connectivity index (χ1n) is 10.1. The van der Waals surface area contributed by atoms with Crippen molar-refractivity contribution in [2.45, 2.75) is 39.0 Å². The lowest BCUT2D eigenvalue weighted by Gasteiger charge is -2.22.